The highest BCUT2D eigenvalue weighted by Crippen LogP contribution is 2.31. The summed E-state index contributed by atoms with van der Waals surface area (Å²) in [5, 5.41) is 3.47. The molecule has 0 spiro atoms. The lowest BCUT2D eigenvalue weighted by atomic mass is 9.77. The van der Waals surface area contributed by atoms with Crippen molar-refractivity contribution in [3.63, 3.8) is 0 Å². The summed E-state index contributed by atoms with van der Waals surface area (Å²) in [4.78, 5) is 0. The first-order chi connectivity index (χ1) is 7.79. The SMILES string of the molecule is CNC(Cc1ccco1)C1CCCC(C)C1. The summed E-state index contributed by atoms with van der Waals surface area (Å²) in [7, 11) is 2.08. The van der Waals surface area contributed by atoms with Gasteiger partial charge >= 0.3 is 0 Å². The summed E-state index contributed by atoms with van der Waals surface area (Å²) < 4.78 is 5.44. The molecule has 1 aliphatic rings. The molecular weight excluding hydrogens is 198 g/mol. The predicted octanol–water partition coefficient (Wildman–Crippen LogP) is 3.24. The number of hydrogen-bond acceptors (Lipinski definition) is 2. The van der Waals surface area contributed by atoms with Crippen molar-refractivity contribution >= 4 is 0 Å². The average Bonchev–Trinajstić information content (AvgIpc) is 2.78. The smallest absolute Gasteiger partial charge is 0.105 e. The number of likely N-dealkylation sites (N-methyl/N-ethyl adjacent to an activating group) is 1. The summed E-state index contributed by atoms with van der Waals surface area (Å²) in [6.45, 7) is 2.38. The number of furan rings is 1. The fourth-order valence-corrected chi connectivity index (χ4v) is 3.00. The van der Waals surface area contributed by atoms with Crippen LogP contribution in [-0.2, 0) is 6.42 Å². The van der Waals surface area contributed by atoms with E-state index in [0.29, 0.717) is 6.04 Å². The number of hydrogen-bond donors (Lipinski definition) is 1. The van der Waals surface area contributed by atoms with Crippen LogP contribution in [0.1, 0.15) is 38.4 Å². The molecule has 0 aliphatic heterocycles. The van der Waals surface area contributed by atoms with Crippen LogP contribution < -0.4 is 5.32 Å². The zero-order chi connectivity index (χ0) is 11.4. The molecule has 1 aromatic rings. The monoisotopic (exact) mass is 221 g/mol. The highest BCUT2D eigenvalue weighted by atomic mass is 16.3. The van der Waals surface area contributed by atoms with Gasteiger partial charge in [0.1, 0.15) is 5.76 Å². The fraction of sp³-hybridized carbons (Fsp3) is 0.714. The maximum Gasteiger partial charge on any atom is 0.105 e. The lowest BCUT2D eigenvalue weighted by molar-refractivity contribution is 0.222. The summed E-state index contributed by atoms with van der Waals surface area (Å²) in [6, 6.07) is 4.64. The largest absolute Gasteiger partial charge is 0.469 e. The predicted molar refractivity (Wildman–Crippen MR) is 66.4 cm³/mol. The summed E-state index contributed by atoms with van der Waals surface area (Å²) >= 11 is 0. The number of nitrogens with one attached hydrogen (secondary N) is 1. The molecule has 90 valence electrons. The van der Waals surface area contributed by atoms with E-state index >= 15 is 0 Å². The Morgan fingerprint density at radius 3 is 3.00 bits per heavy atom. The van der Waals surface area contributed by atoms with E-state index < -0.39 is 0 Å². The van der Waals surface area contributed by atoms with Crippen molar-refractivity contribution in [3.05, 3.63) is 24.2 Å². The van der Waals surface area contributed by atoms with Gasteiger partial charge in [-0.25, -0.2) is 0 Å². The first kappa shape index (κ1) is 11.7. The molecule has 0 amide bonds. The molecule has 2 heteroatoms. The Kier molecular flexibility index (Phi) is 4.05. The third kappa shape index (κ3) is 2.88. The van der Waals surface area contributed by atoms with Crippen molar-refractivity contribution in [2.24, 2.45) is 11.8 Å². The maximum atomic E-state index is 5.44. The molecule has 1 saturated carbocycles. The van der Waals surface area contributed by atoms with Crippen molar-refractivity contribution < 1.29 is 4.42 Å². The van der Waals surface area contributed by atoms with E-state index in [9.17, 15) is 0 Å². The van der Waals surface area contributed by atoms with Gasteiger partial charge < -0.3 is 9.73 Å². The molecule has 1 N–H and O–H groups in total. The molecule has 0 saturated heterocycles. The molecule has 0 aromatic carbocycles. The minimum atomic E-state index is 0.578. The van der Waals surface area contributed by atoms with Crippen molar-refractivity contribution in [1.82, 2.24) is 5.32 Å². The van der Waals surface area contributed by atoms with Gasteiger partial charge in [-0.1, -0.05) is 19.8 Å². The van der Waals surface area contributed by atoms with Crippen LogP contribution in [0, 0.1) is 11.8 Å². The molecule has 0 radical (unpaired) electrons. The van der Waals surface area contributed by atoms with Gasteiger partial charge in [-0.05, 0) is 43.9 Å². The quantitative estimate of drug-likeness (QED) is 0.844. The van der Waals surface area contributed by atoms with Crippen LogP contribution in [0.2, 0.25) is 0 Å². The van der Waals surface area contributed by atoms with Crippen molar-refractivity contribution in [2.45, 2.75) is 45.1 Å². The van der Waals surface area contributed by atoms with E-state index in [1.54, 1.807) is 6.26 Å². The first-order valence-corrected chi connectivity index (χ1v) is 6.49. The second-order valence-electron chi connectivity index (χ2n) is 5.21. The Balaban J connectivity index is 1.93. The van der Waals surface area contributed by atoms with Crippen molar-refractivity contribution in [2.75, 3.05) is 7.05 Å². The van der Waals surface area contributed by atoms with Gasteiger partial charge in [0.15, 0.2) is 0 Å². The third-order valence-corrected chi connectivity index (χ3v) is 3.92. The topological polar surface area (TPSA) is 25.2 Å². The third-order valence-electron chi connectivity index (χ3n) is 3.92. The van der Waals surface area contributed by atoms with E-state index in [4.69, 9.17) is 4.42 Å². The second-order valence-corrected chi connectivity index (χ2v) is 5.21. The van der Waals surface area contributed by atoms with Crippen molar-refractivity contribution in [1.29, 1.82) is 0 Å². The zero-order valence-electron chi connectivity index (χ0n) is 10.4. The van der Waals surface area contributed by atoms with Crippen LogP contribution >= 0.6 is 0 Å². The second kappa shape index (κ2) is 5.53. The summed E-state index contributed by atoms with van der Waals surface area (Å²) in [6.07, 6.45) is 8.34. The van der Waals surface area contributed by atoms with E-state index in [1.165, 1.54) is 25.7 Å². The normalized spacial score (nSPS) is 27.9. The van der Waals surface area contributed by atoms with Crippen LogP contribution in [0.15, 0.2) is 22.8 Å². The summed E-state index contributed by atoms with van der Waals surface area (Å²) in [5.74, 6) is 2.82. The highest BCUT2D eigenvalue weighted by Gasteiger charge is 2.26. The van der Waals surface area contributed by atoms with Gasteiger partial charge in [-0.3, -0.25) is 0 Å². The van der Waals surface area contributed by atoms with Crippen LogP contribution in [0.5, 0.6) is 0 Å². The lowest BCUT2D eigenvalue weighted by Gasteiger charge is -2.32. The Labute approximate surface area is 98.4 Å². The maximum absolute atomic E-state index is 5.44. The molecule has 16 heavy (non-hydrogen) atoms. The molecule has 3 unspecified atom stereocenters. The fourth-order valence-electron chi connectivity index (χ4n) is 3.00. The number of rotatable bonds is 4. The Morgan fingerprint density at radius 1 is 1.50 bits per heavy atom. The lowest BCUT2D eigenvalue weighted by Crippen LogP contribution is -2.37. The van der Waals surface area contributed by atoms with Crippen LogP contribution in [0.25, 0.3) is 0 Å². The molecule has 3 atom stereocenters. The van der Waals surface area contributed by atoms with Gasteiger partial charge in [-0.15, -0.1) is 0 Å². The molecule has 1 heterocycles. The molecule has 1 aromatic heterocycles. The van der Waals surface area contributed by atoms with E-state index in [0.717, 1.165) is 24.0 Å². The molecule has 2 rings (SSSR count). The molecule has 2 nitrogen and oxygen atoms in total. The molecule has 1 aliphatic carbocycles. The Bertz CT molecular complexity index is 294. The van der Waals surface area contributed by atoms with Crippen LogP contribution in [-0.4, -0.2) is 13.1 Å². The first-order valence-electron chi connectivity index (χ1n) is 6.49. The average molecular weight is 221 g/mol. The van der Waals surface area contributed by atoms with Crippen LogP contribution in [0.3, 0.4) is 0 Å². The standard InChI is InChI=1S/C14H23NO/c1-11-5-3-6-12(9-11)14(15-2)10-13-7-4-8-16-13/h4,7-8,11-12,14-15H,3,5-6,9-10H2,1-2H3. The van der Waals surface area contributed by atoms with Crippen LogP contribution in [0.4, 0.5) is 0 Å². The minimum Gasteiger partial charge on any atom is -0.469 e. The van der Waals surface area contributed by atoms with Gasteiger partial charge in [-0.2, -0.15) is 0 Å². The highest BCUT2D eigenvalue weighted by molar-refractivity contribution is 5.01. The van der Waals surface area contributed by atoms with E-state index in [-0.39, 0.29) is 0 Å². The van der Waals surface area contributed by atoms with Gasteiger partial charge in [0.25, 0.3) is 0 Å². The van der Waals surface area contributed by atoms with E-state index in [1.807, 2.05) is 6.07 Å². The molecular formula is C14H23NO. The molecule has 0 bridgehead atoms. The Morgan fingerprint density at radius 2 is 2.38 bits per heavy atom. The van der Waals surface area contributed by atoms with Crippen molar-refractivity contribution in [3.8, 4) is 0 Å². The zero-order valence-corrected chi connectivity index (χ0v) is 10.4. The minimum absolute atomic E-state index is 0.578. The van der Waals surface area contributed by atoms with Gasteiger partial charge in [0, 0.05) is 12.5 Å². The molecule has 1 fully saturated rings. The summed E-state index contributed by atoms with van der Waals surface area (Å²) in [5.41, 5.74) is 0. The van der Waals surface area contributed by atoms with Gasteiger partial charge in [0.2, 0.25) is 0 Å². The Hall–Kier alpha value is -0.760. The van der Waals surface area contributed by atoms with E-state index in [2.05, 4.69) is 25.4 Å². The van der Waals surface area contributed by atoms with Gasteiger partial charge in [0.05, 0.1) is 6.26 Å².